The number of phosphoric acid groups is 1. The van der Waals surface area contributed by atoms with Gasteiger partial charge in [-0.3, -0.25) is 18.6 Å². The predicted molar refractivity (Wildman–Crippen MR) is 222 cm³/mol. The summed E-state index contributed by atoms with van der Waals surface area (Å²) in [5.41, 5.74) is 0. The van der Waals surface area contributed by atoms with Gasteiger partial charge in [0.2, 0.25) is 5.91 Å². The molecule has 316 valence electrons. The van der Waals surface area contributed by atoms with Gasteiger partial charge in [0.15, 0.2) is 6.04 Å². The van der Waals surface area contributed by atoms with Gasteiger partial charge in [0.05, 0.1) is 13.2 Å². The molecule has 12 heteroatoms. The normalized spacial score (nSPS) is 14.4. The minimum atomic E-state index is -4.76. The van der Waals surface area contributed by atoms with Crippen LogP contribution < -0.4 is 5.32 Å². The fraction of sp³-hybridized carbons (Fsp3) is 0.698. The summed E-state index contributed by atoms with van der Waals surface area (Å²) in [5, 5.41) is 21.8. The van der Waals surface area contributed by atoms with Crippen LogP contribution in [-0.2, 0) is 32.7 Å². The summed E-state index contributed by atoms with van der Waals surface area (Å²) in [6.45, 7) is 2.40. The standard InChI is InChI=1S/C43H74NO10P/c1-3-5-7-9-11-13-15-17-19-20-21-23-25-27-29-31-33-35-42(47)52-36-39(45)37-53-55(50,51)54-38-40(43(48)49)44-41(46)34-32-30-28-26-24-22-18-16-14-12-10-8-6-4-2/h5,7,10-13,16-19,39-40,45H,3-4,6,8-9,14-15,20-38H2,1-2H3,(H,44,46)(H,48,49)(H,50,51)/b7-5-,12-10-,13-11-,18-16-,19-17-. The molecule has 55 heavy (non-hydrogen) atoms. The van der Waals surface area contributed by atoms with Gasteiger partial charge < -0.3 is 25.2 Å². The Labute approximate surface area is 332 Å². The van der Waals surface area contributed by atoms with Crippen molar-refractivity contribution in [2.45, 2.75) is 174 Å². The van der Waals surface area contributed by atoms with E-state index in [1.54, 1.807) is 0 Å². The summed E-state index contributed by atoms with van der Waals surface area (Å²) >= 11 is 0. The molecule has 11 nitrogen and oxygen atoms in total. The van der Waals surface area contributed by atoms with Crippen molar-refractivity contribution in [2.75, 3.05) is 19.8 Å². The van der Waals surface area contributed by atoms with Gasteiger partial charge in [0.1, 0.15) is 12.7 Å². The van der Waals surface area contributed by atoms with Gasteiger partial charge in [-0.2, -0.15) is 0 Å². The van der Waals surface area contributed by atoms with Crippen LogP contribution in [0.15, 0.2) is 60.8 Å². The Bertz CT molecular complexity index is 1170. The summed E-state index contributed by atoms with van der Waals surface area (Å²) < 4.78 is 26.8. The third kappa shape index (κ3) is 37.9. The number of hydrogen-bond donors (Lipinski definition) is 4. The molecular formula is C43H74NO10P. The number of allylic oxidation sites excluding steroid dienone is 10. The van der Waals surface area contributed by atoms with Crippen molar-refractivity contribution in [3.63, 3.8) is 0 Å². The second-order valence-corrected chi connectivity index (χ2v) is 15.2. The number of carboxylic acid groups (broad SMARTS) is 1. The highest BCUT2D eigenvalue weighted by molar-refractivity contribution is 7.47. The zero-order chi connectivity index (χ0) is 40.7. The molecule has 0 rings (SSSR count). The van der Waals surface area contributed by atoms with E-state index in [1.165, 1.54) is 25.7 Å². The van der Waals surface area contributed by atoms with Crippen LogP contribution in [0.25, 0.3) is 0 Å². The molecule has 0 heterocycles. The number of unbranched alkanes of at least 4 members (excludes halogenated alkanes) is 14. The van der Waals surface area contributed by atoms with E-state index in [0.29, 0.717) is 12.8 Å². The van der Waals surface area contributed by atoms with Gasteiger partial charge in [0, 0.05) is 12.8 Å². The van der Waals surface area contributed by atoms with E-state index in [9.17, 15) is 34.1 Å². The lowest BCUT2D eigenvalue weighted by Gasteiger charge is -2.18. The summed E-state index contributed by atoms with van der Waals surface area (Å²) in [4.78, 5) is 45.8. The minimum absolute atomic E-state index is 0.126. The van der Waals surface area contributed by atoms with E-state index < -0.39 is 57.6 Å². The highest BCUT2D eigenvalue weighted by Crippen LogP contribution is 2.43. The lowest BCUT2D eigenvalue weighted by molar-refractivity contribution is -0.147. The number of aliphatic hydroxyl groups is 1. The van der Waals surface area contributed by atoms with Gasteiger partial charge >= 0.3 is 19.8 Å². The number of aliphatic carboxylic acids is 1. The lowest BCUT2D eigenvalue weighted by Crippen LogP contribution is -2.43. The summed E-state index contributed by atoms with van der Waals surface area (Å²) in [5.74, 6) is -2.41. The molecule has 1 amide bonds. The number of rotatable bonds is 38. The van der Waals surface area contributed by atoms with Crippen molar-refractivity contribution < 1.29 is 47.8 Å². The first-order chi connectivity index (χ1) is 26.6. The van der Waals surface area contributed by atoms with Crippen molar-refractivity contribution >= 4 is 25.7 Å². The maximum Gasteiger partial charge on any atom is 0.472 e. The molecule has 0 aliphatic heterocycles. The molecule has 0 aliphatic carbocycles. The number of phosphoric ester groups is 1. The van der Waals surface area contributed by atoms with Gasteiger partial charge in [0.25, 0.3) is 0 Å². The Kier molecular flexibility index (Phi) is 36.1. The number of carboxylic acids is 1. The first-order valence-corrected chi connectivity index (χ1v) is 22.3. The van der Waals surface area contributed by atoms with Gasteiger partial charge in [-0.1, -0.05) is 139 Å². The molecule has 0 fully saturated rings. The number of aliphatic hydroxyl groups excluding tert-OH is 1. The molecule has 0 bridgehead atoms. The number of hydrogen-bond acceptors (Lipinski definition) is 8. The molecule has 4 N–H and O–H groups in total. The second kappa shape index (κ2) is 38.1. The average Bonchev–Trinajstić information content (AvgIpc) is 3.16. The van der Waals surface area contributed by atoms with Gasteiger partial charge in [-0.25, -0.2) is 9.36 Å². The molecule has 3 unspecified atom stereocenters. The van der Waals surface area contributed by atoms with Crippen LogP contribution in [-0.4, -0.2) is 64.9 Å². The third-order valence-corrected chi connectivity index (χ3v) is 9.49. The Morgan fingerprint density at radius 2 is 1.05 bits per heavy atom. The molecule has 0 saturated carbocycles. The molecule has 0 aromatic heterocycles. The van der Waals surface area contributed by atoms with Crippen molar-refractivity contribution in [1.82, 2.24) is 5.32 Å². The quantitative estimate of drug-likeness (QED) is 0.0204. The smallest absolute Gasteiger partial charge is 0.472 e. The highest BCUT2D eigenvalue weighted by atomic mass is 31.2. The number of esters is 1. The topological polar surface area (TPSA) is 169 Å². The Morgan fingerprint density at radius 3 is 1.58 bits per heavy atom. The van der Waals surface area contributed by atoms with Crippen molar-refractivity contribution in [3.8, 4) is 0 Å². The molecular weight excluding hydrogens is 721 g/mol. The van der Waals surface area contributed by atoms with Crippen LogP contribution in [0.3, 0.4) is 0 Å². The van der Waals surface area contributed by atoms with Crippen LogP contribution in [0, 0.1) is 0 Å². The SMILES string of the molecule is CC/C=C\C/C=C\C/C=C\CCCCCCCCCC(=O)OCC(O)COP(=O)(O)OCC(NC(=O)CCCCCCC/C=C\C/C=C\CCCC)C(=O)O. The van der Waals surface area contributed by atoms with E-state index in [1.807, 2.05) is 0 Å². The van der Waals surface area contributed by atoms with Crippen molar-refractivity contribution in [1.29, 1.82) is 0 Å². The largest absolute Gasteiger partial charge is 0.480 e. The molecule has 0 spiro atoms. The van der Waals surface area contributed by atoms with E-state index in [2.05, 4.69) is 79.9 Å². The summed E-state index contributed by atoms with van der Waals surface area (Å²) in [6.07, 6.45) is 42.4. The van der Waals surface area contributed by atoms with Crippen LogP contribution in [0.4, 0.5) is 0 Å². The highest BCUT2D eigenvalue weighted by Gasteiger charge is 2.28. The Hall–Kier alpha value is -2.82. The molecule has 0 aromatic carbocycles. The molecule has 0 aliphatic rings. The van der Waals surface area contributed by atoms with E-state index in [-0.39, 0.29) is 12.8 Å². The van der Waals surface area contributed by atoms with Crippen LogP contribution >= 0.6 is 7.82 Å². The number of amides is 1. The monoisotopic (exact) mass is 796 g/mol. The zero-order valence-electron chi connectivity index (χ0n) is 34.0. The fourth-order valence-corrected chi connectivity index (χ4v) is 6.06. The van der Waals surface area contributed by atoms with E-state index in [0.717, 1.165) is 96.3 Å². The van der Waals surface area contributed by atoms with Crippen LogP contribution in [0.5, 0.6) is 0 Å². The summed E-state index contributed by atoms with van der Waals surface area (Å²) in [7, 11) is -4.76. The lowest BCUT2D eigenvalue weighted by atomic mass is 10.1. The number of ether oxygens (including phenoxy) is 1. The van der Waals surface area contributed by atoms with E-state index in [4.69, 9.17) is 13.8 Å². The Balaban J connectivity index is 3.95. The number of nitrogens with one attached hydrogen (secondary N) is 1. The van der Waals surface area contributed by atoms with Crippen LogP contribution in [0.2, 0.25) is 0 Å². The first kappa shape index (κ1) is 52.2. The summed E-state index contributed by atoms with van der Waals surface area (Å²) in [6, 6.07) is -1.56. The molecule has 0 radical (unpaired) electrons. The Morgan fingerprint density at radius 1 is 0.600 bits per heavy atom. The average molecular weight is 796 g/mol. The maximum absolute atomic E-state index is 12.3. The molecule has 0 aromatic rings. The minimum Gasteiger partial charge on any atom is -0.480 e. The predicted octanol–water partition coefficient (Wildman–Crippen LogP) is 10.4. The third-order valence-electron chi connectivity index (χ3n) is 8.54. The molecule has 3 atom stereocenters. The zero-order valence-corrected chi connectivity index (χ0v) is 34.9. The number of carbonyl (C=O) groups is 3. The van der Waals surface area contributed by atoms with E-state index >= 15 is 0 Å². The van der Waals surface area contributed by atoms with Gasteiger partial charge in [-0.05, 0) is 70.6 Å². The maximum atomic E-state index is 12.3. The van der Waals surface area contributed by atoms with Crippen molar-refractivity contribution in [2.24, 2.45) is 0 Å². The fourth-order valence-electron chi connectivity index (χ4n) is 5.29. The second-order valence-electron chi connectivity index (χ2n) is 13.8. The number of carbonyl (C=O) groups excluding carboxylic acids is 2. The van der Waals surface area contributed by atoms with Crippen LogP contribution in [0.1, 0.15) is 162 Å². The van der Waals surface area contributed by atoms with Gasteiger partial charge in [-0.15, -0.1) is 0 Å². The first-order valence-electron chi connectivity index (χ1n) is 20.8. The molecule has 0 saturated heterocycles. The van der Waals surface area contributed by atoms with Crippen molar-refractivity contribution in [3.05, 3.63) is 60.8 Å².